The highest BCUT2D eigenvalue weighted by molar-refractivity contribution is 6.36. The lowest BCUT2D eigenvalue weighted by molar-refractivity contribution is -0.385. The summed E-state index contributed by atoms with van der Waals surface area (Å²) in [6, 6.07) is 8.12. The Bertz CT molecular complexity index is 793. The van der Waals surface area contributed by atoms with Gasteiger partial charge in [-0.2, -0.15) is 0 Å². The maximum atomic E-state index is 11.8. The molecule has 0 amide bonds. The standard InChI is InChI=1S/C16H14Cl2N2O5/c1-25-16(22)10-7-9(5-6-14(10)20(23)24)19-13(8-21)15-11(17)3-2-4-12(15)18/h2-7,13,19,21H,8H2,1H3/t13-/m1/s1. The summed E-state index contributed by atoms with van der Waals surface area (Å²) >= 11 is 12.3. The van der Waals surface area contributed by atoms with Crippen molar-refractivity contribution in [3.05, 3.63) is 67.7 Å². The predicted octanol–water partition coefficient (Wildman–Crippen LogP) is 3.83. The molecule has 9 heteroatoms. The normalized spacial score (nSPS) is 11.7. The Hall–Kier alpha value is -2.35. The van der Waals surface area contributed by atoms with E-state index in [1.807, 2.05) is 0 Å². The average molecular weight is 385 g/mol. The lowest BCUT2D eigenvalue weighted by atomic mass is 10.1. The first-order chi connectivity index (χ1) is 11.9. The van der Waals surface area contributed by atoms with Gasteiger partial charge in [0, 0.05) is 27.4 Å². The molecule has 0 aliphatic rings. The van der Waals surface area contributed by atoms with Gasteiger partial charge in [-0.1, -0.05) is 29.3 Å². The Morgan fingerprint density at radius 2 is 1.96 bits per heavy atom. The van der Waals surface area contributed by atoms with Gasteiger partial charge in [-0.15, -0.1) is 0 Å². The van der Waals surface area contributed by atoms with Gasteiger partial charge in [0.1, 0.15) is 5.56 Å². The molecule has 0 aliphatic carbocycles. The van der Waals surface area contributed by atoms with E-state index in [4.69, 9.17) is 23.2 Å². The molecule has 0 aromatic heterocycles. The fourth-order valence-corrected chi connectivity index (χ4v) is 2.97. The summed E-state index contributed by atoms with van der Waals surface area (Å²) in [5, 5.41) is 24.4. The Morgan fingerprint density at radius 1 is 1.32 bits per heavy atom. The number of esters is 1. The minimum atomic E-state index is -0.841. The Kier molecular flexibility index (Phi) is 6.19. The third-order valence-electron chi connectivity index (χ3n) is 3.47. The Balaban J connectivity index is 2.41. The number of nitro groups is 1. The minimum absolute atomic E-state index is 0.209. The molecule has 0 unspecified atom stereocenters. The van der Waals surface area contributed by atoms with Crippen LogP contribution >= 0.6 is 23.2 Å². The van der Waals surface area contributed by atoms with E-state index >= 15 is 0 Å². The van der Waals surface area contributed by atoms with E-state index < -0.39 is 16.9 Å². The molecule has 0 heterocycles. The van der Waals surface area contributed by atoms with Gasteiger partial charge in [0.25, 0.3) is 5.69 Å². The molecule has 2 rings (SSSR count). The molecular formula is C16H14Cl2N2O5. The number of hydrogen-bond donors (Lipinski definition) is 2. The lowest BCUT2D eigenvalue weighted by Crippen LogP contribution is -2.16. The van der Waals surface area contributed by atoms with Gasteiger partial charge in [-0.3, -0.25) is 10.1 Å². The Labute approximate surface area is 153 Å². The average Bonchev–Trinajstić information content (AvgIpc) is 2.59. The van der Waals surface area contributed by atoms with Crippen molar-refractivity contribution in [2.75, 3.05) is 19.0 Å². The summed E-state index contributed by atoms with van der Waals surface area (Å²) in [6.45, 7) is -0.339. The van der Waals surface area contributed by atoms with E-state index in [1.165, 1.54) is 18.2 Å². The van der Waals surface area contributed by atoms with Crippen LogP contribution in [0.4, 0.5) is 11.4 Å². The monoisotopic (exact) mass is 384 g/mol. The highest BCUT2D eigenvalue weighted by atomic mass is 35.5. The molecule has 0 spiro atoms. The summed E-state index contributed by atoms with van der Waals surface area (Å²) in [6.07, 6.45) is 0. The first-order valence-corrected chi connectivity index (χ1v) is 7.82. The van der Waals surface area contributed by atoms with Crippen molar-refractivity contribution in [2.45, 2.75) is 6.04 Å². The minimum Gasteiger partial charge on any atom is -0.465 e. The number of benzene rings is 2. The largest absolute Gasteiger partial charge is 0.465 e. The summed E-state index contributed by atoms with van der Waals surface area (Å²) in [5.74, 6) is -0.841. The highest BCUT2D eigenvalue weighted by Gasteiger charge is 2.23. The molecule has 0 aliphatic heterocycles. The second-order valence-corrected chi connectivity index (χ2v) is 5.81. The molecule has 132 valence electrons. The van der Waals surface area contributed by atoms with Gasteiger partial charge < -0.3 is 15.2 Å². The zero-order chi connectivity index (χ0) is 18.6. The van der Waals surface area contributed by atoms with E-state index in [0.29, 0.717) is 21.3 Å². The van der Waals surface area contributed by atoms with Crippen LogP contribution in [0.5, 0.6) is 0 Å². The summed E-state index contributed by atoms with van der Waals surface area (Å²) in [4.78, 5) is 22.1. The molecule has 0 saturated heterocycles. The number of methoxy groups -OCH3 is 1. The van der Waals surface area contributed by atoms with Crippen molar-refractivity contribution in [2.24, 2.45) is 0 Å². The molecular weight excluding hydrogens is 371 g/mol. The Morgan fingerprint density at radius 3 is 2.48 bits per heavy atom. The third-order valence-corrected chi connectivity index (χ3v) is 4.13. The number of nitrogens with one attached hydrogen (secondary N) is 1. The third kappa shape index (κ3) is 4.19. The molecule has 2 aromatic rings. The molecule has 25 heavy (non-hydrogen) atoms. The molecule has 0 saturated carbocycles. The van der Waals surface area contributed by atoms with Gasteiger partial charge in [0.15, 0.2) is 0 Å². The van der Waals surface area contributed by atoms with Crippen LogP contribution < -0.4 is 5.32 Å². The number of aliphatic hydroxyl groups excluding tert-OH is 1. The van der Waals surface area contributed by atoms with Crippen LogP contribution in [0, 0.1) is 10.1 Å². The van der Waals surface area contributed by atoms with Crippen LogP contribution in [0.3, 0.4) is 0 Å². The smallest absolute Gasteiger partial charge is 0.344 e. The quantitative estimate of drug-likeness (QED) is 0.445. The van der Waals surface area contributed by atoms with Crippen molar-refractivity contribution in [1.82, 2.24) is 0 Å². The molecule has 0 radical (unpaired) electrons. The van der Waals surface area contributed by atoms with Gasteiger partial charge in [0.05, 0.1) is 24.7 Å². The lowest BCUT2D eigenvalue weighted by Gasteiger charge is -2.20. The first-order valence-electron chi connectivity index (χ1n) is 7.07. The van der Waals surface area contributed by atoms with Crippen LogP contribution in [0.25, 0.3) is 0 Å². The maximum Gasteiger partial charge on any atom is 0.344 e. The van der Waals surface area contributed by atoms with Crippen molar-refractivity contribution in [3.63, 3.8) is 0 Å². The van der Waals surface area contributed by atoms with Crippen molar-refractivity contribution in [1.29, 1.82) is 0 Å². The fourth-order valence-electron chi connectivity index (χ4n) is 2.31. The number of nitrogens with zero attached hydrogens (tertiary/aromatic N) is 1. The fraction of sp³-hybridized carbons (Fsp3) is 0.188. The zero-order valence-electron chi connectivity index (χ0n) is 13.0. The molecule has 0 bridgehead atoms. The van der Waals surface area contributed by atoms with Gasteiger partial charge in [-0.05, 0) is 24.3 Å². The summed E-state index contributed by atoms with van der Waals surface area (Å²) in [7, 11) is 1.13. The van der Waals surface area contributed by atoms with Crippen LogP contribution in [0.1, 0.15) is 22.0 Å². The molecule has 2 aromatic carbocycles. The molecule has 7 nitrogen and oxygen atoms in total. The SMILES string of the molecule is COC(=O)c1cc(N[C@H](CO)c2c(Cl)cccc2Cl)ccc1[N+](=O)[O-]. The molecule has 2 N–H and O–H groups in total. The topological polar surface area (TPSA) is 102 Å². The van der Waals surface area contributed by atoms with Gasteiger partial charge in [-0.25, -0.2) is 4.79 Å². The van der Waals surface area contributed by atoms with Crippen LogP contribution in [0.2, 0.25) is 10.0 Å². The highest BCUT2D eigenvalue weighted by Crippen LogP contribution is 2.33. The number of carbonyl (C=O) groups excluding carboxylic acids is 1. The number of hydrogen-bond acceptors (Lipinski definition) is 6. The number of rotatable bonds is 6. The molecule has 0 fully saturated rings. The first kappa shape index (κ1) is 19.0. The van der Waals surface area contributed by atoms with E-state index in [9.17, 15) is 20.0 Å². The maximum absolute atomic E-state index is 11.8. The van der Waals surface area contributed by atoms with E-state index in [0.717, 1.165) is 7.11 Å². The van der Waals surface area contributed by atoms with Gasteiger partial charge in [0.2, 0.25) is 0 Å². The molecule has 1 atom stereocenters. The number of halogens is 2. The number of anilines is 1. The van der Waals surface area contributed by atoms with Crippen LogP contribution in [-0.2, 0) is 4.74 Å². The predicted molar refractivity (Wildman–Crippen MR) is 94.3 cm³/mol. The van der Waals surface area contributed by atoms with Crippen LogP contribution in [0.15, 0.2) is 36.4 Å². The van der Waals surface area contributed by atoms with Crippen molar-refractivity contribution < 1.29 is 19.6 Å². The zero-order valence-corrected chi connectivity index (χ0v) is 14.5. The van der Waals surface area contributed by atoms with Crippen LogP contribution in [-0.4, -0.2) is 29.7 Å². The van der Waals surface area contributed by atoms with Crippen molar-refractivity contribution >= 4 is 40.5 Å². The summed E-state index contributed by atoms with van der Waals surface area (Å²) in [5.41, 5.74) is 0.250. The number of nitro benzene ring substituents is 1. The number of ether oxygens (including phenoxy) is 1. The van der Waals surface area contributed by atoms with E-state index in [-0.39, 0.29) is 17.9 Å². The second-order valence-electron chi connectivity index (χ2n) is 5.00. The van der Waals surface area contributed by atoms with Gasteiger partial charge >= 0.3 is 5.97 Å². The summed E-state index contributed by atoms with van der Waals surface area (Å²) < 4.78 is 4.57. The van der Waals surface area contributed by atoms with Crippen molar-refractivity contribution in [3.8, 4) is 0 Å². The second kappa shape index (κ2) is 8.15. The van der Waals surface area contributed by atoms with E-state index in [1.54, 1.807) is 18.2 Å². The number of aliphatic hydroxyl groups is 1. The van der Waals surface area contributed by atoms with E-state index in [2.05, 4.69) is 10.1 Å². The number of carbonyl (C=O) groups is 1.